The molecule has 1 aliphatic rings. The largest absolute Gasteiger partial charge is 0.493 e. The van der Waals surface area contributed by atoms with Gasteiger partial charge in [0.25, 0.3) is 0 Å². The Labute approximate surface area is 172 Å². The maximum Gasteiger partial charge on any atom is 0.188 e. The van der Waals surface area contributed by atoms with E-state index in [-0.39, 0.29) is 24.0 Å². The Hall–Kier alpha value is -1.26. The van der Waals surface area contributed by atoms with Crippen LogP contribution in [0.25, 0.3) is 0 Å². The van der Waals surface area contributed by atoms with E-state index in [1.54, 1.807) is 14.2 Å². The highest BCUT2D eigenvalue weighted by atomic mass is 127. The monoisotopic (exact) mass is 479 g/mol. The van der Waals surface area contributed by atoms with Gasteiger partial charge in [0.2, 0.25) is 0 Å². The summed E-state index contributed by atoms with van der Waals surface area (Å²) >= 11 is 0. The van der Waals surface area contributed by atoms with Gasteiger partial charge in [0.15, 0.2) is 17.5 Å². The topological polar surface area (TPSA) is 87.3 Å². The first kappa shape index (κ1) is 22.8. The fraction of sp³-hybridized carbons (Fsp3) is 0.611. The van der Waals surface area contributed by atoms with Gasteiger partial charge in [-0.1, -0.05) is 6.07 Å². The Morgan fingerprint density at radius 3 is 2.81 bits per heavy atom. The van der Waals surface area contributed by atoms with Crippen molar-refractivity contribution in [2.75, 3.05) is 47.2 Å². The Kier molecular flexibility index (Phi) is 11.4. The van der Waals surface area contributed by atoms with Gasteiger partial charge in [0.1, 0.15) is 0 Å². The van der Waals surface area contributed by atoms with Crippen LogP contribution in [0.4, 0.5) is 0 Å². The summed E-state index contributed by atoms with van der Waals surface area (Å²) in [5, 5.41) is 3.10. The minimum atomic E-state index is 0. The third kappa shape index (κ3) is 7.96. The smallest absolute Gasteiger partial charge is 0.188 e. The molecule has 1 aromatic rings. The molecule has 1 unspecified atom stereocenters. The predicted molar refractivity (Wildman–Crippen MR) is 113 cm³/mol. The summed E-state index contributed by atoms with van der Waals surface area (Å²) in [4.78, 5) is 4.34. The normalized spacial score (nSPS) is 16.8. The van der Waals surface area contributed by atoms with Gasteiger partial charge in [-0.25, -0.2) is 4.99 Å². The van der Waals surface area contributed by atoms with Crippen molar-refractivity contribution >= 4 is 29.9 Å². The van der Waals surface area contributed by atoms with Gasteiger partial charge in [-0.2, -0.15) is 0 Å². The van der Waals surface area contributed by atoms with Crippen LogP contribution in [-0.2, 0) is 16.0 Å². The van der Waals surface area contributed by atoms with Gasteiger partial charge in [-0.3, -0.25) is 0 Å². The second kappa shape index (κ2) is 13.0. The van der Waals surface area contributed by atoms with Crippen molar-refractivity contribution in [2.24, 2.45) is 16.6 Å². The van der Waals surface area contributed by atoms with E-state index in [1.165, 1.54) is 0 Å². The summed E-state index contributed by atoms with van der Waals surface area (Å²) in [6, 6.07) is 5.70. The molecule has 8 heteroatoms. The molecule has 0 radical (unpaired) electrons. The van der Waals surface area contributed by atoms with Crippen LogP contribution >= 0.6 is 24.0 Å². The van der Waals surface area contributed by atoms with E-state index in [9.17, 15) is 0 Å². The fourth-order valence-electron chi connectivity index (χ4n) is 2.57. The number of guanidine groups is 1. The number of nitrogens with zero attached hydrogens (tertiary/aromatic N) is 1. The maximum atomic E-state index is 5.89. The summed E-state index contributed by atoms with van der Waals surface area (Å²) in [5.74, 6) is 2.37. The number of ether oxygens (including phenoxy) is 4. The van der Waals surface area contributed by atoms with E-state index in [0.29, 0.717) is 36.5 Å². The fourth-order valence-corrected chi connectivity index (χ4v) is 2.57. The lowest BCUT2D eigenvalue weighted by atomic mass is 10.1. The molecule has 1 saturated heterocycles. The first-order valence-electron chi connectivity index (χ1n) is 8.63. The van der Waals surface area contributed by atoms with Crippen LogP contribution in [-0.4, -0.2) is 53.2 Å². The Morgan fingerprint density at radius 2 is 2.12 bits per heavy atom. The average Bonchev–Trinajstić information content (AvgIpc) is 3.16. The number of aliphatic imine (C=N–C) groups is 1. The van der Waals surface area contributed by atoms with E-state index in [1.807, 2.05) is 18.2 Å². The average molecular weight is 479 g/mol. The summed E-state index contributed by atoms with van der Waals surface area (Å²) in [6.45, 7) is 4.41. The van der Waals surface area contributed by atoms with Crippen LogP contribution in [0, 0.1) is 5.92 Å². The quantitative estimate of drug-likeness (QED) is 0.232. The van der Waals surface area contributed by atoms with Gasteiger partial charge in [0.05, 0.1) is 34.0 Å². The number of nitrogens with two attached hydrogens (primary N) is 1. The standard InChI is InChI=1S/C18H29N3O4.HI/c1-22-16-5-4-14(10-17(16)23-2)11-21-18(19)20-7-3-8-24-12-15-6-9-25-13-15;/h4-5,10,15H,3,6-9,11-13H2,1-2H3,(H3,19,20,21);1H. The highest BCUT2D eigenvalue weighted by molar-refractivity contribution is 14.0. The molecule has 0 bridgehead atoms. The number of nitrogens with one attached hydrogen (secondary N) is 1. The molecule has 3 N–H and O–H groups in total. The van der Waals surface area contributed by atoms with Crippen molar-refractivity contribution in [3.8, 4) is 11.5 Å². The lowest BCUT2D eigenvalue weighted by Crippen LogP contribution is -2.33. The third-order valence-corrected chi connectivity index (χ3v) is 4.03. The molecule has 26 heavy (non-hydrogen) atoms. The van der Waals surface area contributed by atoms with Crippen LogP contribution in [0.1, 0.15) is 18.4 Å². The van der Waals surface area contributed by atoms with Gasteiger partial charge in [-0.15, -0.1) is 24.0 Å². The molecule has 0 aliphatic carbocycles. The molecular weight excluding hydrogens is 449 g/mol. The molecule has 0 amide bonds. The van der Waals surface area contributed by atoms with Gasteiger partial charge in [0, 0.05) is 25.7 Å². The molecule has 7 nitrogen and oxygen atoms in total. The van der Waals surface area contributed by atoms with E-state index >= 15 is 0 Å². The molecule has 148 valence electrons. The van der Waals surface area contributed by atoms with E-state index in [0.717, 1.165) is 44.8 Å². The van der Waals surface area contributed by atoms with Gasteiger partial charge in [-0.05, 0) is 30.5 Å². The summed E-state index contributed by atoms with van der Waals surface area (Å²) in [7, 11) is 3.23. The Morgan fingerprint density at radius 1 is 1.31 bits per heavy atom. The Balaban J connectivity index is 0.00000338. The van der Waals surface area contributed by atoms with Crippen molar-refractivity contribution in [3.63, 3.8) is 0 Å². The highest BCUT2D eigenvalue weighted by Crippen LogP contribution is 2.27. The maximum absolute atomic E-state index is 5.89. The van der Waals surface area contributed by atoms with Gasteiger partial charge >= 0.3 is 0 Å². The molecule has 0 aromatic heterocycles. The number of halogens is 1. The molecule has 2 rings (SSSR count). The third-order valence-electron chi connectivity index (χ3n) is 4.03. The van der Waals surface area contributed by atoms with Gasteiger partial charge < -0.3 is 30.0 Å². The summed E-state index contributed by atoms with van der Waals surface area (Å²) in [5.41, 5.74) is 6.89. The second-order valence-electron chi connectivity index (χ2n) is 5.98. The number of rotatable bonds is 10. The van der Waals surface area contributed by atoms with Crippen LogP contribution in [0.3, 0.4) is 0 Å². The number of hydrogen-bond acceptors (Lipinski definition) is 5. The summed E-state index contributed by atoms with van der Waals surface area (Å²) in [6.07, 6.45) is 1.99. The minimum Gasteiger partial charge on any atom is -0.493 e. The van der Waals surface area contributed by atoms with Crippen LogP contribution in [0.2, 0.25) is 0 Å². The zero-order valence-corrected chi connectivity index (χ0v) is 17.9. The predicted octanol–water partition coefficient (Wildman–Crippen LogP) is 2.17. The van der Waals surface area contributed by atoms with Crippen LogP contribution < -0.4 is 20.5 Å². The highest BCUT2D eigenvalue weighted by Gasteiger charge is 2.15. The van der Waals surface area contributed by atoms with E-state index in [2.05, 4.69) is 10.3 Å². The zero-order chi connectivity index (χ0) is 17.9. The van der Waals surface area contributed by atoms with Crippen molar-refractivity contribution < 1.29 is 18.9 Å². The zero-order valence-electron chi connectivity index (χ0n) is 15.5. The number of benzene rings is 1. The molecule has 1 aromatic carbocycles. The molecule has 1 atom stereocenters. The minimum absolute atomic E-state index is 0. The molecule has 1 fully saturated rings. The van der Waals surface area contributed by atoms with Crippen molar-refractivity contribution in [1.82, 2.24) is 5.32 Å². The molecule has 0 saturated carbocycles. The summed E-state index contributed by atoms with van der Waals surface area (Å²) < 4.78 is 21.5. The van der Waals surface area contributed by atoms with Crippen LogP contribution in [0.5, 0.6) is 11.5 Å². The molecule has 1 heterocycles. The second-order valence-corrected chi connectivity index (χ2v) is 5.98. The molecule has 0 spiro atoms. The number of hydrogen-bond donors (Lipinski definition) is 2. The van der Waals surface area contributed by atoms with E-state index in [4.69, 9.17) is 24.7 Å². The SMILES string of the molecule is COc1ccc(CN=C(N)NCCCOCC2CCOC2)cc1OC.I. The van der Waals surface area contributed by atoms with Crippen molar-refractivity contribution in [2.45, 2.75) is 19.4 Å². The number of methoxy groups -OCH3 is 2. The Bertz CT molecular complexity index is 551. The van der Waals surface area contributed by atoms with E-state index < -0.39 is 0 Å². The lowest BCUT2D eigenvalue weighted by molar-refractivity contribution is 0.0888. The molecule has 1 aliphatic heterocycles. The lowest BCUT2D eigenvalue weighted by Gasteiger charge is -2.10. The van der Waals surface area contributed by atoms with Crippen LogP contribution in [0.15, 0.2) is 23.2 Å². The van der Waals surface area contributed by atoms with Crippen molar-refractivity contribution in [3.05, 3.63) is 23.8 Å². The molecular formula is C18H30IN3O4. The van der Waals surface area contributed by atoms with Crippen molar-refractivity contribution in [1.29, 1.82) is 0 Å². The first-order chi connectivity index (χ1) is 12.2. The first-order valence-corrected chi connectivity index (χ1v) is 8.63.